The second-order valence-electron chi connectivity index (χ2n) is 7.44. The van der Waals surface area contributed by atoms with Crippen molar-refractivity contribution in [1.82, 2.24) is 19.8 Å². The number of benzene rings is 1. The van der Waals surface area contributed by atoms with Crippen molar-refractivity contribution in [3.8, 4) is 5.88 Å². The number of ether oxygens (including phenoxy) is 2. The summed E-state index contributed by atoms with van der Waals surface area (Å²) in [6, 6.07) is 7.72. The van der Waals surface area contributed by atoms with Gasteiger partial charge in [-0.25, -0.2) is 4.98 Å². The highest BCUT2D eigenvalue weighted by atomic mass is 16.5. The van der Waals surface area contributed by atoms with E-state index in [1.807, 2.05) is 58.2 Å². The van der Waals surface area contributed by atoms with Crippen LogP contribution in [0.3, 0.4) is 0 Å². The molecular weight excluding hydrogens is 468 g/mol. The highest BCUT2D eigenvalue weighted by molar-refractivity contribution is 5.94. The van der Waals surface area contributed by atoms with Gasteiger partial charge in [0.2, 0.25) is 18.2 Å². The van der Waals surface area contributed by atoms with Crippen molar-refractivity contribution in [2.24, 2.45) is 12.0 Å². The highest BCUT2D eigenvalue weighted by Gasteiger charge is 2.17. The number of amides is 1. The van der Waals surface area contributed by atoms with Crippen molar-refractivity contribution >= 4 is 23.7 Å². The summed E-state index contributed by atoms with van der Waals surface area (Å²) in [5.41, 5.74) is 3.68. The zero-order valence-electron chi connectivity index (χ0n) is 23.0. The van der Waals surface area contributed by atoms with Crippen LogP contribution in [0.25, 0.3) is 5.70 Å². The summed E-state index contributed by atoms with van der Waals surface area (Å²) in [5, 5.41) is 6.50. The van der Waals surface area contributed by atoms with E-state index in [0.717, 1.165) is 24.1 Å². The fourth-order valence-electron chi connectivity index (χ4n) is 3.32. The Morgan fingerprint density at radius 2 is 2.03 bits per heavy atom. The SMILES string of the molecule is C=CC(=C)Nc1cccc(CN(C=O)/C=C(/N/C(=C/CC)C(=NC)OC)c2ncc(OC)n2C)c1.CC. The third-order valence-corrected chi connectivity index (χ3v) is 4.97. The number of carbonyl (C=O) groups is 1. The molecule has 0 aliphatic heterocycles. The fraction of sp³-hybridized carbons (Fsp3) is 0.321. The van der Waals surface area contributed by atoms with Gasteiger partial charge in [0.15, 0.2) is 5.82 Å². The first kappa shape index (κ1) is 30.8. The molecule has 0 aliphatic carbocycles. The van der Waals surface area contributed by atoms with E-state index in [-0.39, 0.29) is 0 Å². The summed E-state index contributed by atoms with van der Waals surface area (Å²) >= 11 is 0. The van der Waals surface area contributed by atoms with Crippen LogP contribution >= 0.6 is 0 Å². The molecule has 9 nitrogen and oxygen atoms in total. The van der Waals surface area contributed by atoms with E-state index in [1.54, 1.807) is 44.3 Å². The molecule has 0 unspecified atom stereocenters. The maximum atomic E-state index is 12.1. The van der Waals surface area contributed by atoms with Crippen molar-refractivity contribution in [3.05, 3.63) is 84.8 Å². The molecule has 1 aromatic heterocycles. The van der Waals surface area contributed by atoms with Gasteiger partial charge in [-0.05, 0) is 30.2 Å². The lowest BCUT2D eigenvalue weighted by atomic mass is 10.2. The van der Waals surface area contributed by atoms with E-state index < -0.39 is 0 Å². The molecule has 2 rings (SSSR count). The molecule has 0 saturated heterocycles. The third kappa shape index (κ3) is 9.03. The molecule has 0 bridgehead atoms. The quantitative estimate of drug-likeness (QED) is 0.170. The van der Waals surface area contributed by atoms with Crippen LogP contribution in [0.2, 0.25) is 0 Å². The molecule has 1 aromatic carbocycles. The number of carbonyl (C=O) groups excluding carboxylic acids is 1. The Morgan fingerprint density at radius 3 is 2.57 bits per heavy atom. The summed E-state index contributed by atoms with van der Waals surface area (Å²) in [6.07, 6.45) is 8.41. The van der Waals surface area contributed by atoms with Crippen molar-refractivity contribution in [2.45, 2.75) is 33.7 Å². The Morgan fingerprint density at radius 1 is 1.30 bits per heavy atom. The Balaban J connectivity index is 0.00000334. The summed E-state index contributed by atoms with van der Waals surface area (Å²) in [5.74, 6) is 1.57. The number of rotatable bonds is 13. The van der Waals surface area contributed by atoms with Crippen molar-refractivity contribution in [1.29, 1.82) is 0 Å². The molecule has 0 atom stereocenters. The minimum atomic E-state index is 0.331. The van der Waals surface area contributed by atoms with Crippen LogP contribution in [-0.2, 0) is 23.1 Å². The van der Waals surface area contributed by atoms with Gasteiger partial charge in [0.25, 0.3) is 0 Å². The average Bonchev–Trinajstić information content (AvgIpc) is 3.29. The molecule has 0 aliphatic rings. The lowest BCUT2D eigenvalue weighted by molar-refractivity contribution is -0.116. The fourth-order valence-corrected chi connectivity index (χ4v) is 3.32. The number of methoxy groups -OCH3 is 2. The van der Waals surface area contributed by atoms with Crippen LogP contribution < -0.4 is 15.4 Å². The number of aliphatic imine (C=N–C) groups is 1. The molecule has 2 aromatic rings. The molecule has 9 heteroatoms. The minimum Gasteiger partial charge on any atom is -0.481 e. The first-order chi connectivity index (χ1) is 17.9. The predicted molar refractivity (Wildman–Crippen MR) is 152 cm³/mol. The van der Waals surface area contributed by atoms with Crippen LogP contribution in [-0.4, -0.2) is 48.0 Å². The van der Waals surface area contributed by atoms with Crippen LogP contribution in [0.1, 0.15) is 38.6 Å². The number of anilines is 1. The molecule has 200 valence electrons. The molecule has 0 saturated carbocycles. The molecule has 0 fully saturated rings. The van der Waals surface area contributed by atoms with Crippen LogP contribution in [0.5, 0.6) is 5.88 Å². The van der Waals surface area contributed by atoms with Gasteiger partial charge in [-0.1, -0.05) is 52.1 Å². The smallest absolute Gasteiger partial charge is 0.232 e. The zero-order chi connectivity index (χ0) is 27.8. The van der Waals surface area contributed by atoms with E-state index in [0.29, 0.717) is 41.2 Å². The molecule has 2 N–H and O–H groups in total. The molecular formula is C28H40N6O3. The number of nitrogens with zero attached hydrogens (tertiary/aromatic N) is 4. The Bertz CT molecular complexity index is 1130. The van der Waals surface area contributed by atoms with E-state index in [1.165, 1.54) is 4.90 Å². The Kier molecular flexibility index (Phi) is 13.6. The summed E-state index contributed by atoms with van der Waals surface area (Å²) in [7, 11) is 6.61. The number of aromatic nitrogens is 2. The molecule has 1 amide bonds. The molecule has 37 heavy (non-hydrogen) atoms. The highest BCUT2D eigenvalue weighted by Crippen LogP contribution is 2.20. The second-order valence-corrected chi connectivity index (χ2v) is 7.44. The van der Waals surface area contributed by atoms with E-state index >= 15 is 0 Å². The minimum absolute atomic E-state index is 0.331. The normalized spacial score (nSPS) is 11.6. The van der Waals surface area contributed by atoms with E-state index in [4.69, 9.17) is 9.47 Å². The molecule has 0 spiro atoms. The number of hydrogen-bond donors (Lipinski definition) is 2. The van der Waals surface area contributed by atoms with E-state index in [2.05, 4.69) is 33.8 Å². The van der Waals surface area contributed by atoms with Gasteiger partial charge in [-0.2, -0.15) is 0 Å². The molecule has 0 radical (unpaired) electrons. The predicted octanol–water partition coefficient (Wildman–Crippen LogP) is 5.08. The number of nitrogens with one attached hydrogen (secondary N) is 2. The standard InChI is InChI=1S/C26H34N6O3.C2H6/c1-8-11-22(26(27-4)35-7)30-23(25-28-15-24(34-6)31(25)5)17-32(18-33)16-20-12-10-13-21(14-20)29-19(3)9-2;1-2/h9-15,17-18,29-30H,2-3,8,16H2,1,4-7H3;1-2H3/b22-11+,23-17+,27-26?;. The summed E-state index contributed by atoms with van der Waals surface area (Å²) in [6.45, 7) is 13.9. The van der Waals surface area contributed by atoms with Gasteiger partial charge in [0.1, 0.15) is 0 Å². The second kappa shape index (κ2) is 16.4. The Hall–Kier alpha value is -4.27. The van der Waals surface area contributed by atoms with Gasteiger partial charge in [0, 0.05) is 31.7 Å². The maximum absolute atomic E-state index is 12.1. The van der Waals surface area contributed by atoms with Crippen LogP contribution in [0.4, 0.5) is 5.69 Å². The lowest BCUT2D eigenvalue weighted by Gasteiger charge is -2.19. The first-order valence-corrected chi connectivity index (χ1v) is 12.0. The van der Waals surface area contributed by atoms with Gasteiger partial charge >= 0.3 is 0 Å². The van der Waals surface area contributed by atoms with E-state index in [9.17, 15) is 4.79 Å². The summed E-state index contributed by atoms with van der Waals surface area (Å²) < 4.78 is 12.6. The topological polar surface area (TPSA) is 93.0 Å². The monoisotopic (exact) mass is 508 g/mol. The van der Waals surface area contributed by atoms with Gasteiger partial charge in [-0.15, -0.1) is 0 Å². The first-order valence-electron chi connectivity index (χ1n) is 12.0. The van der Waals surface area contributed by atoms with Crippen molar-refractivity contribution < 1.29 is 14.3 Å². The lowest BCUT2D eigenvalue weighted by Crippen LogP contribution is -2.25. The average molecular weight is 509 g/mol. The summed E-state index contributed by atoms with van der Waals surface area (Å²) in [4.78, 5) is 22.3. The number of hydrogen-bond acceptors (Lipinski definition) is 7. The Labute approximate surface area is 220 Å². The van der Waals surface area contributed by atoms with Gasteiger partial charge in [-0.3, -0.25) is 14.4 Å². The van der Waals surface area contributed by atoms with Crippen molar-refractivity contribution in [2.75, 3.05) is 26.6 Å². The van der Waals surface area contributed by atoms with Crippen LogP contribution in [0, 0.1) is 0 Å². The zero-order valence-corrected chi connectivity index (χ0v) is 23.0. The van der Waals surface area contributed by atoms with Gasteiger partial charge in [0.05, 0.1) is 38.4 Å². The molecule has 1 heterocycles. The number of imidazole rings is 1. The van der Waals surface area contributed by atoms with Crippen molar-refractivity contribution in [3.63, 3.8) is 0 Å². The van der Waals surface area contributed by atoms with Crippen LogP contribution in [0.15, 0.2) is 78.4 Å². The maximum Gasteiger partial charge on any atom is 0.232 e. The third-order valence-electron chi connectivity index (χ3n) is 4.97. The number of allylic oxidation sites excluding steroid dienone is 2. The van der Waals surface area contributed by atoms with Gasteiger partial charge < -0.3 is 25.0 Å². The largest absolute Gasteiger partial charge is 0.481 e.